The van der Waals surface area contributed by atoms with Gasteiger partial charge in [-0.15, -0.1) is 0 Å². The zero-order chi connectivity index (χ0) is 28.3. The fourth-order valence-electron chi connectivity index (χ4n) is 4.89. The highest BCUT2D eigenvalue weighted by molar-refractivity contribution is 6.51. The minimum atomic E-state index is -0.963. The van der Waals surface area contributed by atoms with Crippen molar-refractivity contribution >= 4 is 29.1 Å². The fraction of sp³-hybridized carbons (Fsp3) is 0.281. The molecule has 202 valence electrons. The van der Waals surface area contributed by atoms with Crippen LogP contribution in [-0.2, 0) is 27.2 Å². The van der Waals surface area contributed by atoms with Crippen molar-refractivity contribution in [2.24, 2.45) is 0 Å². The molecule has 1 amide bonds. The molecule has 0 spiro atoms. The number of hydrogen-bond acceptors (Lipinski definition) is 5. The molecule has 7 nitrogen and oxygen atoms in total. The van der Waals surface area contributed by atoms with Crippen LogP contribution in [-0.4, -0.2) is 34.5 Å². The molecule has 1 atom stereocenters. The van der Waals surface area contributed by atoms with E-state index in [1.54, 1.807) is 42.5 Å². The summed E-state index contributed by atoms with van der Waals surface area (Å²) in [5, 5.41) is 20.7. The van der Waals surface area contributed by atoms with E-state index in [9.17, 15) is 19.5 Å². The zero-order valence-electron chi connectivity index (χ0n) is 22.6. The maximum absolute atomic E-state index is 13.5. The Kier molecular flexibility index (Phi) is 8.19. The van der Waals surface area contributed by atoms with Gasteiger partial charge in [-0.2, -0.15) is 0 Å². The minimum absolute atomic E-state index is 0.00210. The molecule has 1 unspecified atom stereocenters. The van der Waals surface area contributed by atoms with Crippen LogP contribution in [0, 0.1) is 0 Å². The fourth-order valence-corrected chi connectivity index (χ4v) is 4.89. The molecule has 1 saturated heterocycles. The molecule has 0 saturated carbocycles. The molecule has 4 rings (SSSR count). The summed E-state index contributed by atoms with van der Waals surface area (Å²) in [6, 6.07) is 18.5. The predicted molar refractivity (Wildman–Crippen MR) is 150 cm³/mol. The molecular formula is C32H33NO6. The number of aliphatic carboxylic acids is 1. The molecule has 3 aromatic carbocycles. The summed E-state index contributed by atoms with van der Waals surface area (Å²) in [6.45, 7) is 8.47. The highest BCUT2D eigenvalue weighted by Gasteiger charge is 2.47. The lowest BCUT2D eigenvalue weighted by molar-refractivity contribution is -0.136. The number of ether oxygens (including phenoxy) is 1. The number of aryl methyl sites for hydroxylation is 1. The normalized spacial score (nSPS) is 16.6. The Labute approximate surface area is 228 Å². The molecule has 0 aromatic heterocycles. The molecule has 7 heteroatoms. The highest BCUT2D eigenvalue weighted by atomic mass is 16.5. The van der Waals surface area contributed by atoms with Crippen molar-refractivity contribution in [3.8, 4) is 5.75 Å². The molecule has 1 heterocycles. The van der Waals surface area contributed by atoms with Crippen LogP contribution in [0.3, 0.4) is 0 Å². The van der Waals surface area contributed by atoms with Crippen LogP contribution >= 0.6 is 0 Å². The number of nitrogens with zero attached hydrogens (tertiary/aromatic N) is 1. The first-order valence-corrected chi connectivity index (χ1v) is 13.1. The van der Waals surface area contributed by atoms with E-state index in [-0.39, 0.29) is 23.7 Å². The Morgan fingerprint density at radius 2 is 1.56 bits per heavy atom. The molecule has 0 aliphatic carbocycles. The number of benzene rings is 3. The Bertz CT molecular complexity index is 1420. The summed E-state index contributed by atoms with van der Waals surface area (Å²) in [6.07, 6.45) is 0.673. The standard InChI is InChI=1S/C32H33NO6/c1-5-20-7-11-22(12-8-20)29-28(30(36)23-13-16-26(39-6-2)25(18-23)19(3)4)31(37)32(38)33(29)24-14-9-21(10-15-24)17-27(34)35/h7-16,18-19,29,36H,5-6,17H2,1-4H3,(H,34,35)/b30-28-. The largest absolute Gasteiger partial charge is 0.507 e. The van der Waals surface area contributed by atoms with E-state index in [4.69, 9.17) is 9.84 Å². The summed E-state index contributed by atoms with van der Waals surface area (Å²) >= 11 is 0. The molecule has 39 heavy (non-hydrogen) atoms. The number of aliphatic hydroxyl groups is 1. The van der Waals surface area contributed by atoms with Crippen molar-refractivity contribution in [3.05, 3.63) is 100 Å². The van der Waals surface area contributed by atoms with Gasteiger partial charge in [0, 0.05) is 11.3 Å². The first kappa shape index (κ1) is 27.6. The van der Waals surface area contributed by atoms with Crippen LogP contribution in [0.2, 0.25) is 0 Å². The second-order valence-corrected chi connectivity index (χ2v) is 9.84. The Morgan fingerprint density at radius 1 is 0.923 bits per heavy atom. The maximum atomic E-state index is 13.5. The Morgan fingerprint density at radius 3 is 2.13 bits per heavy atom. The van der Waals surface area contributed by atoms with Crippen LogP contribution in [0.5, 0.6) is 5.75 Å². The number of amides is 1. The SMILES string of the molecule is CCOc1ccc(/C(O)=C2/C(=O)C(=O)N(c3ccc(CC(=O)O)cc3)C2c2ccc(CC)cc2)cc1C(C)C. The number of anilines is 1. The number of carbonyl (C=O) groups is 3. The number of Topliss-reactive ketones (excluding diaryl/α,β-unsaturated/α-hetero) is 1. The van der Waals surface area contributed by atoms with Crippen molar-refractivity contribution in [1.82, 2.24) is 0 Å². The highest BCUT2D eigenvalue weighted by Crippen LogP contribution is 2.43. The molecule has 1 aliphatic rings. The van der Waals surface area contributed by atoms with Gasteiger partial charge in [-0.05, 0) is 71.8 Å². The van der Waals surface area contributed by atoms with Gasteiger partial charge in [-0.1, -0.05) is 57.2 Å². The van der Waals surface area contributed by atoms with Gasteiger partial charge in [-0.3, -0.25) is 19.3 Å². The summed E-state index contributed by atoms with van der Waals surface area (Å²) in [4.78, 5) is 39.4. The van der Waals surface area contributed by atoms with E-state index in [2.05, 4.69) is 0 Å². The summed E-state index contributed by atoms with van der Waals surface area (Å²) in [5.41, 5.74) is 4.09. The average Bonchev–Trinajstić information content (AvgIpc) is 3.18. The second kappa shape index (κ2) is 11.6. The number of carbonyl (C=O) groups excluding carboxylic acids is 2. The van der Waals surface area contributed by atoms with Crippen LogP contribution in [0.15, 0.2) is 72.3 Å². The van der Waals surface area contributed by atoms with Gasteiger partial charge in [-0.25, -0.2) is 0 Å². The summed E-state index contributed by atoms with van der Waals surface area (Å²) in [5.74, 6) is -1.96. The number of aliphatic hydroxyl groups excluding tert-OH is 1. The van der Waals surface area contributed by atoms with Crippen molar-refractivity contribution in [1.29, 1.82) is 0 Å². The van der Waals surface area contributed by atoms with E-state index in [0.717, 1.165) is 17.5 Å². The van der Waals surface area contributed by atoms with Crippen LogP contribution < -0.4 is 9.64 Å². The second-order valence-electron chi connectivity index (χ2n) is 9.84. The van der Waals surface area contributed by atoms with Gasteiger partial charge >= 0.3 is 5.97 Å². The molecule has 1 fully saturated rings. The number of carboxylic acid groups (broad SMARTS) is 1. The van der Waals surface area contributed by atoms with Gasteiger partial charge in [0.1, 0.15) is 11.5 Å². The molecule has 2 N–H and O–H groups in total. The molecule has 3 aromatic rings. The smallest absolute Gasteiger partial charge is 0.307 e. The van der Waals surface area contributed by atoms with Crippen LogP contribution in [0.1, 0.15) is 67.5 Å². The number of rotatable bonds is 9. The number of hydrogen-bond donors (Lipinski definition) is 2. The first-order valence-electron chi connectivity index (χ1n) is 13.1. The van der Waals surface area contributed by atoms with Crippen molar-refractivity contribution in [3.63, 3.8) is 0 Å². The third-order valence-electron chi connectivity index (χ3n) is 6.92. The van der Waals surface area contributed by atoms with E-state index >= 15 is 0 Å². The van der Waals surface area contributed by atoms with Crippen molar-refractivity contribution in [2.75, 3.05) is 11.5 Å². The zero-order valence-corrected chi connectivity index (χ0v) is 22.6. The van der Waals surface area contributed by atoms with Crippen molar-refractivity contribution in [2.45, 2.75) is 52.5 Å². The van der Waals surface area contributed by atoms with E-state index < -0.39 is 23.7 Å². The topological polar surface area (TPSA) is 104 Å². The Balaban J connectivity index is 1.88. The predicted octanol–water partition coefficient (Wildman–Crippen LogP) is 6.02. The molecule has 0 bridgehead atoms. The third-order valence-corrected chi connectivity index (χ3v) is 6.92. The van der Waals surface area contributed by atoms with Crippen molar-refractivity contribution < 1.29 is 29.3 Å². The van der Waals surface area contributed by atoms with Crippen LogP contribution in [0.4, 0.5) is 5.69 Å². The number of carboxylic acids is 1. The third kappa shape index (κ3) is 5.58. The number of ketones is 1. The van der Waals surface area contributed by atoms with E-state index in [1.165, 1.54) is 4.90 Å². The summed E-state index contributed by atoms with van der Waals surface area (Å²) < 4.78 is 5.75. The minimum Gasteiger partial charge on any atom is -0.507 e. The van der Waals surface area contributed by atoms with Crippen LogP contribution in [0.25, 0.3) is 5.76 Å². The lowest BCUT2D eigenvalue weighted by atomic mass is 9.92. The van der Waals surface area contributed by atoms with Gasteiger partial charge in [0.05, 0.1) is 24.6 Å². The molecule has 1 aliphatic heterocycles. The maximum Gasteiger partial charge on any atom is 0.307 e. The lowest BCUT2D eigenvalue weighted by Gasteiger charge is -2.26. The van der Waals surface area contributed by atoms with E-state index in [1.807, 2.05) is 52.0 Å². The van der Waals surface area contributed by atoms with Gasteiger partial charge in [0.15, 0.2) is 0 Å². The monoisotopic (exact) mass is 527 g/mol. The molecular weight excluding hydrogens is 494 g/mol. The van der Waals surface area contributed by atoms with E-state index in [0.29, 0.717) is 34.7 Å². The average molecular weight is 528 g/mol. The van der Waals surface area contributed by atoms with Gasteiger partial charge < -0.3 is 14.9 Å². The molecule has 0 radical (unpaired) electrons. The first-order chi connectivity index (χ1) is 18.7. The quantitative estimate of drug-likeness (QED) is 0.200. The van der Waals surface area contributed by atoms with Gasteiger partial charge in [0.25, 0.3) is 11.7 Å². The lowest BCUT2D eigenvalue weighted by Crippen LogP contribution is -2.29. The Hall–Kier alpha value is -4.39. The summed E-state index contributed by atoms with van der Waals surface area (Å²) in [7, 11) is 0. The van der Waals surface area contributed by atoms with Gasteiger partial charge in [0.2, 0.25) is 0 Å².